The monoisotopic (exact) mass is 526 g/mol. The highest BCUT2D eigenvalue weighted by atomic mass is 32.2. The van der Waals surface area contributed by atoms with E-state index in [9.17, 15) is 21.6 Å². The van der Waals surface area contributed by atoms with Crippen LogP contribution in [0, 0.1) is 11.7 Å². The van der Waals surface area contributed by atoms with Crippen molar-refractivity contribution < 1.29 is 30.7 Å². The summed E-state index contributed by atoms with van der Waals surface area (Å²) >= 11 is 0. The molecule has 3 atom stereocenters. The maximum atomic E-state index is 15.2. The van der Waals surface area contributed by atoms with E-state index in [2.05, 4.69) is 24.9 Å². The Morgan fingerprint density at radius 2 is 2.03 bits per heavy atom. The van der Waals surface area contributed by atoms with Crippen molar-refractivity contribution in [2.24, 2.45) is 5.92 Å². The van der Waals surface area contributed by atoms with Crippen LogP contribution in [-0.2, 0) is 10.0 Å². The summed E-state index contributed by atoms with van der Waals surface area (Å²) in [6.45, 7) is 0.320. The lowest BCUT2D eigenvalue weighted by Crippen LogP contribution is -2.44. The Hall–Kier alpha value is -3.26. The van der Waals surface area contributed by atoms with Crippen molar-refractivity contribution in [1.29, 1.82) is 0 Å². The van der Waals surface area contributed by atoms with Crippen LogP contribution >= 0.6 is 0 Å². The van der Waals surface area contributed by atoms with Crippen molar-refractivity contribution >= 4 is 15.8 Å². The van der Waals surface area contributed by atoms with E-state index in [1.807, 2.05) is 4.90 Å². The van der Waals surface area contributed by atoms with E-state index in [1.165, 1.54) is 18.5 Å². The fraction of sp³-hybridized carbons (Fsp3) is 0.409. The summed E-state index contributed by atoms with van der Waals surface area (Å²) in [6.07, 6.45) is 1.36. The van der Waals surface area contributed by atoms with Crippen molar-refractivity contribution in [3.05, 3.63) is 60.1 Å². The molecule has 2 aliphatic rings. The van der Waals surface area contributed by atoms with Crippen LogP contribution in [0.5, 0.6) is 5.75 Å². The first kappa shape index (κ1) is 24.4. The van der Waals surface area contributed by atoms with Gasteiger partial charge in [0.2, 0.25) is 0 Å². The van der Waals surface area contributed by atoms with E-state index in [0.717, 1.165) is 18.5 Å². The number of benzene rings is 1. The van der Waals surface area contributed by atoms with Crippen LogP contribution in [0.4, 0.5) is 23.4 Å². The molecule has 14 heteroatoms. The standard InChI is InChI=1S/C22H22F4N6O3S/c23-16-8-15-17(32-5-2-14(22(24,25)26)7-18(32)13-10-29-30-11-13)3-6-35-19(15)9-20(16)36(33,34)31-21-1-4-27-12-28-21/h1,4,8-12,14,17-18H,2-3,5-7H2,(H,29,30)(H,27,28,31)/t14-,17-,18+/m0/s1. The molecule has 192 valence electrons. The first-order valence-electron chi connectivity index (χ1n) is 11.2. The van der Waals surface area contributed by atoms with Crippen molar-refractivity contribution in [2.45, 2.75) is 42.4 Å². The average Bonchev–Trinajstić information content (AvgIpc) is 3.38. The molecule has 0 spiro atoms. The molecule has 0 bridgehead atoms. The number of sulfonamides is 1. The van der Waals surface area contributed by atoms with Gasteiger partial charge in [-0.1, -0.05) is 0 Å². The van der Waals surface area contributed by atoms with Gasteiger partial charge in [-0.25, -0.2) is 22.8 Å². The van der Waals surface area contributed by atoms with Crippen LogP contribution in [0.1, 0.15) is 42.5 Å². The number of nitrogens with one attached hydrogen (secondary N) is 2. The zero-order chi connectivity index (χ0) is 25.5. The molecule has 2 aromatic heterocycles. The lowest BCUT2D eigenvalue weighted by atomic mass is 9.84. The minimum atomic E-state index is -4.34. The second-order valence-electron chi connectivity index (χ2n) is 8.72. The summed E-state index contributed by atoms with van der Waals surface area (Å²) in [6, 6.07) is 2.45. The third-order valence-corrected chi connectivity index (χ3v) is 7.96. The van der Waals surface area contributed by atoms with Crippen LogP contribution in [-0.4, -0.2) is 52.8 Å². The van der Waals surface area contributed by atoms with E-state index in [4.69, 9.17) is 4.74 Å². The van der Waals surface area contributed by atoms with Gasteiger partial charge in [-0.05, 0) is 31.5 Å². The number of hydrogen-bond acceptors (Lipinski definition) is 7. The number of piperidine rings is 1. The smallest absolute Gasteiger partial charge is 0.391 e. The van der Waals surface area contributed by atoms with E-state index in [0.29, 0.717) is 17.5 Å². The Kier molecular flexibility index (Phi) is 6.32. The van der Waals surface area contributed by atoms with Crippen LogP contribution in [0.3, 0.4) is 0 Å². The fourth-order valence-corrected chi connectivity index (χ4v) is 5.97. The van der Waals surface area contributed by atoms with Gasteiger partial charge in [0.05, 0.1) is 18.7 Å². The SMILES string of the molecule is O=S(=O)(Nc1ccncn1)c1cc2c(cc1F)[C@@H](N1CC[C@H](C(F)(F)F)C[C@@H]1c1cn[nH]c1)CCO2. The Balaban J connectivity index is 1.48. The predicted molar refractivity (Wildman–Crippen MR) is 119 cm³/mol. The Morgan fingerprint density at radius 3 is 2.72 bits per heavy atom. The van der Waals surface area contributed by atoms with Gasteiger partial charge in [0.15, 0.2) is 0 Å². The third kappa shape index (κ3) is 4.74. The van der Waals surface area contributed by atoms with Gasteiger partial charge >= 0.3 is 6.18 Å². The molecular weight excluding hydrogens is 504 g/mol. The molecule has 0 radical (unpaired) electrons. The van der Waals surface area contributed by atoms with Gasteiger partial charge in [0.1, 0.15) is 28.6 Å². The number of alkyl halides is 3. The van der Waals surface area contributed by atoms with E-state index < -0.39 is 44.9 Å². The van der Waals surface area contributed by atoms with Crippen LogP contribution in [0.15, 0.2) is 48.0 Å². The van der Waals surface area contributed by atoms with Gasteiger partial charge in [-0.2, -0.15) is 18.3 Å². The zero-order valence-electron chi connectivity index (χ0n) is 18.7. The van der Waals surface area contributed by atoms with Gasteiger partial charge in [-0.15, -0.1) is 0 Å². The molecular formula is C22H22F4N6O3S. The second kappa shape index (κ2) is 9.32. The number of likely N-dealkylation sites (tertiary alicyclic amines) is 1. The zero-order valence-corrected chi connectivity index (χ0v) is 19.6. The number of H-pyrrole nitrogens is 1. The Labute approximate surface area is 204 Å². The van der Waals surface area contributed by atoms with Crippen molar-refractivity contribution in [1.82, 2.24) is 25.1 Å². The highest BCUT2D eigenvalue weighted by Crippen LogP contribution is 2.48. The molecule has 2 aliphatic heterocycles. The number of anilines is 1. The molecule has 4 heterocycles. The number of nitrogens with zero attached hydrogens (tertiary/aromatic N) is 4. The Morgan fingerprint density at radius 1 is 1.19 bits per heavy atom. The van der Waals surface area contributed by atoms with Gasteiger partial charge in [0, 0.05) is 48.1 Å². The third-order valence-electron chi connectivity index (χ3n) is 6.59. The van der Waals surface area contributed by atoms with Crippen molar-refractivity contribution in [3.8, 4) is 5.75 Å². The van der Waals surface area contributed by atoms with E-state index >= 15 is 4.39 Å². The maximum absolute atomic E-state index is 15.2. The summed E-state index contributed by atoms with van der Waals surface area (Å²) in [4.78, 5) is 8.77. The first-order valence-corrected chi connectivity index (χ1v) is 12.7. The maximum Gasteiger partial charge on any atom is 0.391 e. The minimum absolute atomic E-state index is 0.0311. The fourth-order valence-electron chi connectivity index (χ4n) is 4.89. The highest BCUT2D eigenvalue weighted by Gasteiger charge is 2.47. The molecule has 3 aromatic rings. The molecule has 0 saturated carbocycles. The summed E-state index contributed by atoms with van der Waals surface area (Å²) in [7, 11) is -4.34. The Bertz CT molecular complexity index is 1320. The normalized spacial score (nSPS) is 23.1. The van der Waals surface area contributed by atoms with Crippen LogP contribution < -0.4 is 9.46 Å². The number of hydrogen-bond donors (Lipinski definition) is 2. The molecule has 0 aliphatic carbocycles. The summed E-state index contributed by atoms with van der Waals surface area (Å²) in [5, 5.41) is 6.55. The van der Waals surface area contributed by atoms with Gasteiger partial charge in [-0.3, -0.25) is 14.7 Å². The largest absolute Gasteiger partial charge is 0.493 e. The molecule has 1 fully saturated rings. The minimum Gasteiger partial charge on any atom is -0.493 e. The number of ether oxygens (including phenoxy) is 1. The quantitative estimate of drug-likeness (QED) is 0.484. The summed E-state index contributed by atoms with van der Waals surface area (Å²) < 4.78 is 89.4. The highest BCUT2D eigenvalue weighted by molar-refractivity contribution is 7.92. The summed E-state index contributed by atoms with van der Waals surface area (Å²) in [5.41, 5.74) is 0.990. The molecule has 0 unspecified atom stereocenters. The lowest BCUT2D eigenvalue weighted by molar-refractivity contribution is -0.192. The average molecular weight is 527 g/mol. The molecule has 1 aromatic carbocycles. The van der Waals surface area contributed by atoms with Gasteiger partial charge in [0.25, 0.3) is 10.0 Å². The topological polar surface area (TPSA) is 113 Å². The summed E-state index contributed by atoms with van der Waals surface area (Å²) in [5.74, 6) is -2.34. The van der Waals surface area contributed by atoms with E-state index in [1.54, 1.807) is 6.20 Å². The van der Waals surface area contributed by atoms with Crippen molar-refractivity contribution in [3.63, 3.8) is 0 Å². The number of fused-ring (bicyclic) bond motifs is 1. The molecule has 36 heavy (non-hydrogen) atoms. The number of aromatic amines is 1. The van der Waals surface area contributed by atoms with Gasteiger partial charge < -0.3 is 4.74 Å². The van der Waals surface area contributed by atoms with Crippen LogP contribution in [0.25, 0.3) is 0 Å². The number of aromatic nitrogens is 4. The number of rotatable bonds is 5. The second-order valence-corrected chi connectivity index (χ2v) is 10.4. The molecule has 2 N–H and O–H groups in total. The number of halogens is 4. The van der Waals surface area contributed by atoms with Crippen LogP contribution in [0.2, 0.25) is 0 Å². The first-order chi connectivity index (χ1) is 17.1. The molecule has 5 rings (SSSR count). The molecule has 9 nitrogen and oxygen atoms in total. The molecule has 0 amide bonds. The lowest BCUT2D eigenvalue weighted by Gasteiger charge is -2.45. The van der Waals surface area contributed by atoms with E-state index in [-0.39, 0.29) is 37.6 Å². The van der Waals surface area contributed by atoms with Crippen molar-refractivity contribution in [2.75, 3.05) is 17.9 Å². The molecule has 1 saturated heterocycles. The predicted octanol–water partition coefficient (Wildman–Crippen LogP) is 3.98.